The van der Waals surface area contributed by atoms with E-state index in [-0.39, 0.29) is 18.2 Å². The summed E-state index contributed by atoms with van der Waals surface area (Å²) in [6, 6.07) is 15.1. The van der Waals surface area contributed by atoms with E-state index in [1.807, 2.05) is 6.07 Å². The number of ketones is 1. The van der Waals surface area contributed by atoms with Crippen LogP contribution in [0.15, 0.2) is 67.3 Å². The first-order valence-corrected chi connectivity index (χ1v) is 7.16. The molecular formula is C18H16N2O4. The largest absolute Gasteiger partial charge is 0.413 e. The van der Waals surface area contributed by atoms with Crippen molar-refractivity contribution in [2.75, 3.05) is 6.67 Å². The molecule has 0 heterocycles. The van der Waals surface area contributed by atoms with Gasteiger partial charge in [-0.2, -0.15) is 0 Å². The van der Waals surface area contributed by atoms with E-state index in [0.717, 1.165) is 6.08 Å². The summed E-state index contributed by atoms with van der Waals surface area (Å²) in [5.74, 6) is -0.232. The van der Waals surface area contributed by atoms with Gasteiger partial charge in [0.05, 0.1) is 6.67 Å². The van der Waals surface area contributed by atoms with Crippen LogP contribution in [0.5, 0.6) is 5.75 Å². The van der Waals surface area contributed by atoms with Gasteiger partial charge in [-0.15, -0.1) is 0 Å². The maximum Gasteiger partial charge on any atom is 0.413 e. The number of ether oxygens (including phenoxy) is 1. The normalized spacial score (nSPS) is 9.67. The molecule has 0 saturated carbocycles. The third-order valence-corrected chi connectivity index (χ3v) is 3.04. The van der Waals surface area contributed by atoms with Crippen molar-refractivity contribution in [3.05, 3.63) is 78.4 Å². The highest BCUT2D eigenvalue weighted by Crippen LogP contribution is 2.15. The Labute approximate surface area is 139 Å². The Morgan fingerprint density at radius 1 is 0.917 bits per heavy atom. The zero-order chi connectivity index (χ0) is 17.4. The Hall–Kier alpha value is -3.41. The van der Waals surface area contributed by atoms with Gasteiger partial charge in [0.2, 0.25) is 5.91 Å². The molecule has 0 spiro atoms. The number of carbonyl (C=O) groups is 3. The predicted molar refractivity (Wildman–Crippen MR) is 88.7 cm³/mol. The number of hydrogen-bond donors (Lipinski definition) is 2. The van der Waals surface area contributed by atoms with Crippen LogP contribution in [0, 0.1) is 0 Å². The Bertz CT molecular complexity index is 739. The highest BCUT2D eigenvalue weighted by atomic mass is 16.6. The van der Waals surface area contributed by atoms with Crippen molar-refractivity contribution < 1.29 is 19.1 Å². The number of carbonyl (C=O) groups excluding carboxylic acids is 3. The average Bonchev–Trinajstić information content (AvgIpc) is 2.62. The summed E-state index contributed by atoms with van der Waals surface area (Å²) >= 11 is 0. The minimum atomic E-state index is -0.721. The molecule has 122 valence electrons. The summed E-state index contributed by atoms with van der Waals surface area (Å²) in [4.78, 5) is 34.7. The quantitative estimate of drug-likeness (QED) is 0.485. The third kappa shape index (κ3) is 4.81. The van der Waals surface area contributed by atoms with Crippen LogP contribution in [0.25, 0.3) is 0 Å². The van der Waals surface area contributed by atoms with Crippen LogP contribution in [0.2, 0.25) is 0 Å². The summed E-state index contributed by atoms with van der Waals surface area (Å²) in [5, 5.41) is 4.73. The standard InChI is InChI=1S/C18H16N2O4/c1-2-16(21)19-12-20-18(23)24-15-10-8-14(9-11-15)17(22)13-6-4-3-5-7-13/h2-11H,1,12H2,(H,19,21)(H,20,23). The van der Waals surface area contributed by atoms with Gasteiger partial charge in [-0.1, -0.05) is 36.9 Å². The lowest BCUT2D eigenvalue weighted by atomic mass is 10.0. The van der Waals surface area contributed by atoms with E-state index in [2.05, 4.69) is 17.2 Å². The summed E-state index contributed by atoms with van der Waals surface area (Å²) in [5.41, 5.74) is 1.08. The van der Waals surface area contributed by atoms with Gasteiger partial charge in [-0.05, 0) is 30.3 Å². The SMILES string of the molecule is C=CC(=O)NCNC(=O)Oc1ccc(C(=O)c2ccccc2)cc1. The fourth-order valence-electron chi connectivity index (χ4n) is 1.85. The van der Waals surface area contributed by atoms with E-state index in [0.29, 0.717) is 11.1 Å². The fourth-order valence-corrected chi connectivity index (χ4v) is 1.85. The molecule has 6 nitrogen and oxygen atoms in total. The van der Waals surface area contributed by atoms with Crippen LogP contribution >= 0.6 is 0 Å². The number of hydrogen-bond acceptors (Lipinski definition) is 4. The molecule has 24 heavy (non-hydrogen) atoms. The highest BCUT2D eigenvalue weighted by molar-refractivity contribution is 6.09. The van der Waals surface area contributed by atoms with Crippen molar-refractivity contribution in [3.8, 4) is 5.75 Å². The Kier molecular flexibility index (Phi) is 5.85. The van der Waals surface area contributed by atoms with Gasteiger partial charge in [-0.25, -0.2) is 4.79 Å². The smallest absolute Gasteiger partial charge is 0.410 e. The first-order chi connectivity index (χ1) is 11.6. The van der Waals surface area contributed by atoms with E-state index in [1.165, 1.54) is 12.1 Å². The molecule has 0 aliphatic carbocycles. The van der Waals surface area contributed by atoms with Gasteiger partial charge in [0.15, 0.2) is 5.78 Å². The van der Waals surface area contributed by atoms with Crippen molar-refractivity contribution in [1.82, 2.24) is 10.6 Å². The molecule has 2 N–H and O–H groups in total. The third-order valence-electron chi connectivity index (χ3n) is 3.04. The lowest BCUT2D eigenvalue weighted by molar-refractivity contribution is -0.116. The van der Waals surface area contributed by atoms with Crippen LogP contribution in [-0.4, -0.2) is 24.5 Å². The molecule has 0 saturated heterocycles. The van der Waals surface area contributed by atoms with Crippen LogP contribution in [0.4, 0.5) is 4.79 Å². The molecule has 0 fully saturated rings. The van der Waals surface area contributed by atoms with Gasteiger partial charge in [0.25, 0.3) is 0 Å². The van der Waals surface area contributed by atoms with Crippen LogP contribution < -0.4 is 15.4 Å². The minimum absolute atomic E-state index is 0.0751. The van der Waals surface area contributed by atoms with Gasteiger partial charge < -0.3 is 15.4 Å². The van der Waals surface area contributed by atoms with Crippen LogP contribution in [0.3, 0.4) is 0 Å². The summed E-state index contributed by atoms with van der Waals surface area (Å²) in [7, 11) is 0. The lowest BCUT2D eigenvalue weighted by Crippen LogP contribution is -2.37. The second kappa shape index (κ2) is 8.28. The fraction of sp³-hybridized carbons (Fsp3) is 0.0556. The Morgan fingerprint density at radius 3 is 2.17 bits per heavy atom. The van der Waals surface area contributed by atoms with E-state index in [9.17, 15) is 14.4 Å². The summed E-state index contributed by atoms with van der Waals surface area (Å²) in [6.07, 6.45) is 0.372. The molecule has 0 aromatic heterocycles. The van der Waals surface area contributed by atoms with Crippen molar-refractivity contribution in [2.45, 2.75) is 0 Å². The molecular weight excluding hydrogens is 308 g/mol. The molecule has 0 aliphatic rings. The Balaban J connectivity index is 1.90. The highest BCUT2D eigenvalue weighted by Gasteiger charge is 2.09. The van der Waals surface area contributed by atoms with Gasteiger partial charge in [0, 0.05) is 11.1 Å². The molecule has 2 rings (SSSR count). The summed E-state index contributed by atoms with van der Waals surface area (Å²) < 4.78 is 5.03. The first-order valence-electron chi connectivity index (χ1n) is 7.16. The number of rotatable bonds is 6. The molecule has 6 heteroatoms. The van der Waals surface area contributed by atoms with Crippen LogP contribution in [0.1, 0.15) is 15.9 Å². The molecule has 2 amide bonds. The van der Waals surface area contributed by atoms with E-state index in [1.54, 1.807) is 36.4 Å². The van der Waals surface area contributed by atoms with Crippen LogP contribution in [-0.2, 0) is 4.79 Å². The van der Waals surface area contributed by atoms with E-state index < -0.39 is 12.0 Å². The van der Waals surface area contributed by atoms with E-state index in [4.69, 9.17) is 4.74 Å². The van der Waals surface area contributed by atoms with Gasteiger partial charge >= 0.3 is 6.09 Å². The van der Waals surface area contributed by atoms with Crippen molar-refractivity contribution in [2.24, 2.45) is 0 Å². The second-order valence-electron chi connectivity index (χ2n) is 4.71. The molecule has 2 aromatic carbocycles. The number of nitrogens with one attached hydrogen (secondary N) is 2. The molecule has 0 aliphatic heterocycles. The Morgan fingerprint density at radius 2 is 1.54 bits per heavy atom. The molecule has 0 atom stereocenters. The predicted octanol–water partition coefficient (Wildman–Crippen LogP) is 2.27. The zero-order valence-electron chi connectivity index (χ0n) is 12.8. The van der Waals surface area contributed by atoms with Crippen molar-refractivity contribution >= 4 is 17.8 Å². The topological polar surface area (TPSA) is 84.5 Å². The number of amides is 2. The second-order valence-corrected chi connectivity index (χ2v) is 4.71. The first kappa shape index (κ1) is 17.0. The molecule has 2 aromatic rings. The van der Waals surface area contributed by atoms with Crippen molar-refractivity contribution in [3.63, 3.8) is 0 Å². The molecule has 0 bridgehead atoms. The van der Waals surface area contributed by atoms with E-state index >= 15 is 0 Å². The summed E-state index contributed by atoms with van der Waals surface area (Å²) in [6.45, 7) is 3.21. The average molecular weight is 324 g/mol. The minimum Gasteiger partial charge on any atom is -0.410 e. The monoisotopic (exact) mass is 324 g/mol. The lowest BCUT2D eigenvalue weighted by Gasteiger charge is -2.07. The maximum atomic E-state index is 12.2. The van der Waals surface area contributed by atoms with Gasteiger partial charge in [-0.3, -0.25) is 9.59 Å². The van der Waals surface area contributed by atoms with Crippen molar-refractivity contribution in [1.29, 1.82) is 0 Å². The molecule has 0 unspecified atom stereocenters. The maximum absolute atomic E-state index is 12.2. The zero-order valence-corrected chi connectivity index (χ0v) is 12.8. The molecule has 0 radical (unpaired) electrons. The van der Waals surface area contributed by atoms with Gasteiger partial charge in [0.1, 0.15) is 5.75 Å². The number of benzene rings is 2.